The fraction of sp³-hybridized carbons (Fsp3) is 0.316. The first kappa shape index (κ1) is 19.1. The van der Waals surface area contributed by atoms with Gasteiger partial charge in [-0.05, 0) is 50.6 Å². The van der Waals surface area contributed by atoms with Crippen LogP contribution in [0.1, 0.15) is 42.8 Å². The van der Waals surface area contributed by atoms with Crippen molar-refractivity contribution in [2.75, 3.05) is 12.4 Å². The summed E-state index contributed by atoms with van der Waals surface area (Å²) in [7, 11) is -1.94. The zero-order chi connectivity index (χ0) is 18.6. The van der Waals surface area contributed by atoms with Gasteiger partial charge in [-0.2, -0.15) is 0 Å². The molecule has 0 aliphatic heterocycles. The molecule has 0 fully saturated rings. The molecule has 0 aliphatic rings. The van der Waals surface area contributed by atoms with Crippen molar-refractivity contribution in [3.8, 4) is 0 Å². The Morgan fingerprint density at radius 1 is 1.04 bits per heavy atom. The minimum Gasteiger partial charge on any atom is -0.377 e. The molecule has 0 saturated heterocycles. The Bertz CT molecular complexity index is 859. The van der Waals surface area contributed by atoms with Gasteiger partial charge >= 0.3 is 0 Å². The lowest BCUT2D eigenvalue weighted by Gasteiger charge is -2.14. The van der Waals surface area contributed by atoms with E-state index in [1.807, 2.05) is 25.1 Å². The molecule has 1 amide bonds. The van der Waals surface area contributed by atoms with Gasteiger partial charge in [-0.15, -0.1) is 0 Å². The van der Waals surface area contributed by atoms with Gasteiger partial charge in [0.1, 0.15) is 0 Å². The van der Waals surface area contributed by atoms with Crippen molar-refractivity contribution < 1.29 is 17.9 Å². The molecule has 134 valence electrons. The van der Waals surface area contributed by atoms with Gasteiger partial charge in [-0.25, -0.2) is 8.42 Å². The van der Waals surface area contributed by atoms with Crippen molar-refractivity contribution in [3.63, 3.8) is 0 Å². The molecule has 2 rings (SSSR count). The molecule has 0 radical (unpaired) electrons. The Kier molecular flexibility index (Phi) is 5.98. The average molecular weight is 361 g/mol. The van der Waals surface area contributed by atoms with Crippen LogP contribution in [0.3, 0.4) is 0 Å². The number of methoxy groups -OCH3 is 1. The van der Waals surface area contributed by atoms with Gasteiger partial charge in [-0.3, -0.25) is 4.79 Å². The topological polar surface area (TPSA) is 72.5 Å². The molecule has 2 aromatic carbocycles. The van der Waals surface area contributed by atoms with Gasteiger partial charge in [0.25, 0.3) is 5.91 Å². The van der Waals surface area contributed by atoms with Crippen molar-refractivity contribution >= 4 is 21.4 Å². The van der Waals surface area contributed by atoms with Gasteiger partial charge in [0.05, 0.1) is 21.8 Å². The molecule has 0 spiro atoms. The van der Waals surface area contributed by atoms with Crippen LogP contribution in [0, 0.1) is 0 Å². The second-order valence-electron chi connectivity index (χ2n) is 6.05. The molecule has 0 bridgehead atoms. The Morgan fingerprint density at radius 2 is 1.72 bits per heavy atom. The standard InChI is InChI=1S/C19H23NO4S/c1-13(2)25(22,23)18-11-6-5-10-17(18)19(21)20-16-9-7-8-15(12-16)14(3)24-4/h5-14H,1-4H3,(H,20,21)/t14-/m1/s1. The van der Waals surface area contributed by atoms with Crippen LogP contribution in [-0.2, 0) is 14.6 Å². The quantitative estimate of drug-likeness (QED) is 0.849. The first-order valence-electron chi connectivity index (χ1n) is 8.04. The maximum atomic E-state index is 12.6. The normalized spacial score (nSPS) is 12.8. The highest BCUT2D eigenvalue weighted by atomic mass is 32.2. The molecule has 0 saturated carbocycles. The van der Waals surface area contributed by atoms with E-state index in [9.17, 15) is 13.2 Å². The highest BCUT2D eigenvalue weighted by Crippen LogP contribution is 2.23. The number of rotatable bonds is 6. The molecule has 0 unspecified atom stereocenters. The number of hydrogen-bond donors (Lipinski definition) is 1. The lowest BCUT2D eigenvalue weighted by atomic mass is 10.1. The molecule has 5 nitrogen and oxygen atoms in total. The highest BCUT2D eigenvalue weighted by Gasteiger charge is 2.25. The average Bonchev–Trinajstić information content (AvgIpc) is 2.61. The van der Waals surface area contributed by atoms with Gasteiger partial charge in [-0.1, -0.05) is 24.3 Å². The second kappa shape index (κ2) is 7.80. The van der Waals surface area contributed by atoms with Crippen LogP contribution in [0.4, 0.5) is 5.69 Å². The van der Waals surface area contributed by atoms with E-state index >= 15 is 0 Å². The fourth-order valence-corrected chi connectivity index (χ4v) is 3.60. The van der Waals surface area contributed by atoms with Crippen molar-refractivity contribution in [2.24, 2.45) is 0 Å². The van der Waals surface area contributed by atoms with E-state index in [4.69, 9.17) is 4.74 Å². The van der Waals surface area contributed by atoms with Crippen LogP contribution in [0.5, 0.6) is 0 Å². The van der Waals surface area contributed by atoms with Gasteiger partial charge in [0.15, 0.2) is 9.84 Å². The number of hydrogen-bond acceptors (Lipinski definition) is 4. The summed E-state index contributed by atoms with van der Waals surface area (Å²) < 4.78 is 30.3. The number of benzene rings is 2. The van der Waals surface area contributed by atoms with E-state index < -0.39 is 21.0 Å². The van der Waals surface area contributed by atoms with Crippen LogP contribution in [0.2, 0.25) is 0 Å². The van der Waals surface area contributed by atoms with E-state index in [0.717, 1.165) is 5.56 Å². The third-order valence-corrected chi connectivity index (χ3v) is 6.24. The number of nitrogens with one attached hydrogen (secondary N) is 1. The van der Waals surface area contributed by atoms with Crippen LogP contribution in [0.25, 0.3) is 0 Å². The lowest BCUT2D eigenvalue weighted by molar-refractivity contribution is 0.102. The third-order valence-electron chi connectivity index (χ3n) is 4.03. The van der Waals surface area contributed by atoms with Crippen LogP contribution in [-0.4, -0.2) is 26.7 Å². The largest absolute Gasteiger partial charge is 0.377 e. The molecule has 0 aromatic heterocycles. The molecule has 25 heavy (non-hydrogen) atoms. The lowest BCUT2D eigenvalue weighted by Crippen LogP contribution is -2.20. The van der Waals surface area contributed by atoms with E-state index in [2.05, 4.69) is 5.32 Å². The minimum absolute atomic E-state index is 0.0453. The van der Waals surface area contributed by atoms with Gasteiger partial charge in [0, 0.05) is 12.8 Å². The second-order valence-corrected chi connectivity index (χ2v) is 8.52. The Labute approximate surface area is 148 Å². The first-order chi connectivity index (χ1) is 11.8. The number of sulfone groups is 1. The van der Waals surface area contributed by atoms with Crippen molar-refractivity contribution in [3.05, 3.63) is 59.7 Å². The Hall–Kier alpha value is -2.18. The summed E-state index contributed by atoms with van der Waals surface area (Å²) in [4.78, 5) is 12.7. The summed E-state index contributed by atoms with van der Waals surface area (Å²) in [5, 5.41) is 2.17. The molecule has 1 N–H and O–H groups in total. The van der Waals surface area contributed by atoms with E-state index in [0.29, 0.717) is 5.69 Å². The van der Waals surface area contributed by atoms with Crippen LogP contribution < -0.4 is 5.32 Å². The summed E-state index contributed by atoms with van der Waals surface area (Å²) in [5.74, 6) is -0.456. The van der Waals surface area contributed by atoms with E-state index in [1.54, 1.807) is 39.2 Å². The summed E-state index contributed by atoms with van der Waals surface area (Å²) in [6.07, 6.45) is -0.106. The minimum atomic E-state index is -3.55. The zero-order valence-electron chi connectivity index (χ0n) is 14.8. The third kappa shape index (κ3) is 4.27. The highest BCUT2D eigenvalue weighted by molar-refractivity contribution is 7.92. The number of amides is 1. The Morgan fingerprint density at radius 3 is 2.36 bits per heavy atom. The predicted molar refractivity (Wildman–Crippen MR) is 98.6 cm³/mol. The summed E-state index contributed by atoms with van der Waals surface area (Å²) in [6.45, 7) is 5.10. The molecular weight excluding hydrogens is 338 g/mol. The monoisotopic (exact) mass is 361 g/mol. The fourth-order valence-electron chi connectivity index (χ4n) is 2.36. The summed E-state index contributed by atoms with van der Waals surface area (Å²) >= 11 is 0. The number of carbonyl (C=O) groups excluding carboxylic acids is 1. The molecule has 2 aromatic rings. The van der Waals surface area contributed by atoms with E-state index in [1.165, 1.54) is 12.1 Å². The number of anilines is 1. The van der Waals surface area contributed by atoms with E-state index in [-0.39, 0.29) is 16.6 Å². The summed E-state index contributed by atoms with van der Waals surface area (Å²) in [6, 6.07) is 13.5. The zero-order valence-corrected chi connectivity index (χ0v) is 15.6. The van der Waals surface area contributed by atoms with Crippen LogP contribution >= 0.6 is 0 Å². The van der Waals surface area contributed by atoms with Gasteiger partial charge in [0.2, 0.25) is 0 Å². The molecule has 1 atom stereocenters. The maximum Gasteiger partial charge on any atom is 0.256 e. The number of ether oxygens (including phenoxy) is 1. The first-order valence-corrected chi connectivity index (χ1v) is 9.59. The van der Waals surface area contributed by atoms with Gasteiger partial charge < -0.3 is 10.1 Å². The predicted octanol–water partition coefficient (Wildman–Crippen LogP) is 3.83. The molecular formula is C19H23NO4S. The maximum absolute atomic E-state index is 12.6. The molecule has 6 heteroatoms. The van der Waals surface area contributed by atoms with Crippen LogP contribution in [0.15, 0.2) is 53.4 Å². The van der Waals surface area contributed by atoms with Crippen molar-refractivity contribution in [1.82, 2.24) is 0 Å². The van der Waals surface area contributed by atoms with Crippen molar-refractivity contribution in [2.45, 2.75) is 37.0 Å². The van der Waals surface area contributed by atoms with Crippen molar-refractivity contribution in [1.29, 1.82) is 0 Å². The SMILES string of the molecule is CO[C@H](C)c1cccc(NC(=O)c2ccccc2S(=O)(=O)C(C)C)c1. The molecule has 0 aliphatic carbocycles. The number of carbonyl (C=O) groups is 1. The molecule has 0 heterocycles. The summed E-state index contributed by atoms with van der Waals surface area (Å²) in [5.41, 5.74) is 1.65. The smallest absolute Gasteiger partial charge is 0.256 e. The Balaban J connectivity index is 2.35.